The summed E-state index contributed by atoms with van der Waals surface area (Å²) < 4.78 is 33.9. The Kier molecular flexibility index (Phi) is 9.77. The SMILES string of the molecule is CCOCCOc1cc(C)ccc1CNC(=NC)NCCc1ccc(S(N)(=O)=O)cc1. The highest BCUT2D eigenvalue weighted by atomic mass is 32.2. The van der Waals surface area contributed by atoms with Gasteiger partial charge in [-0.05, 0) is 49.6 Å². The summed E-state index contributed by atoms with van der Waals surface area (Å²) in [7, 11) is -1.96. The maximum Gasteiger partial charge on any atom is 0.238 e. The van der Waals surface area contributed by atoms with E-state index in [-0.39, 0.29) is 4.90 Å². The van der Waals surface area contributed by atoms with Crippen LogP contribution in [0.2, 0.25) is 0 Å². The van der Waals surface area contributed by atoms with Crippen LogP contribution >= 0.6 is 0 Å². The lowest BCUT2D eigenvalue weighted by Crippen LogP contribution is -2.38. The van der Waals surface area contributed by atoms with Crippen molar-refractivity contribution in [2.24, 2.45) is 10.1 Å². The number of guanidine groups is 1. The lowest BCUT2D eigenvalue weighted by atomic mass is 10.1. The average Bonchev–Trinajstić information content (AvgIpc) is 2.74. The number of sulfonamides is 1. The van der Waals surface area contributed by atoms with Crippen LogP contribution < -0.4 is 20.5 Å². The summed E-state index contributed by atoms with van der Waals surface area (Å²) in [4.78, 5) is 4.36. The normalized spacial score (nSPS) is 11.9. The molecule has 2 aromatic rings. The van der Waals surface area contributed by atoms with Crippen LogP contribution in [-0.2, 0) is 27.7 Å². The Morgan fingerprint density at radius 3 is 2.48 bits per heavy atom. The van der Waals surface area contributed by atoms with E-state index in [2.05, 4.69) is 15.6 Å². The van der Waals surface area contributed by atoms with Crippen LogP contribution in [0.15, 0.2) is 52.4 Å². The molecule has 0 saturated heterocycles. The predicted molar refractivity (Wildman–Crippen MR) is 123 cm³/mol. The summed E-state index contributed by atoms with van der Waals surface area (Å²) in [5.41, 5.74) is 3.16. The van der Waals surface area contributed by atoms with Gasteiger partial charge in [-0.15, -0.1) is 0 Å². The van der Waals surface area contributed by atoms with Crippen molar-refractivity contribution in [1.29, 1.82) is 0 Å². The fourth-order valence-corrected chi connectivity index (χ4v) is 3.38. The number of benzene rings is 2. The second-order valence-electron chi connectivity index (χ2n) is 6.95. The summed E-state index contributed by atoms with van der Waals surface area (Å²) in [6, 6.07) is 12.7. The van der Waals surface area contributed by atoms with Gasteiger partial charge in [0.05, 0.1) is 11.5 Å². The second kappa shape index (κ2) is 12.3. The van der Waals surface area contributed by atoms with Gasteiger partial charge in [0.15, 0.2) is 5.96 Å². The molecule has 170 valence electrons. The monoisotopic (exact) mass is 448 g/mol. The molecule has 0 radical (unpaired) electrons. The van der Waals surface area contributed by atoms with Crippen LogP contribution in [-0.4, -0.2) is 47.8 Å². The molecular weight excluding hydrogens is 416 g/mol. The third-order valence-corrected chi connectivity index (χ3v) is 5.47. The predicted octanol–water partition coefficient (Wildman–Crippen LogP) is 1.97. The van der Waals surface area contributed by atoms with Crippen molar-refractivity contribution in [1.82, 2.24) is 10.6 Å². The van der Waals surface area contributed by atoms with Crippen LogP contribution in [0.4, 0.5) is 0 Å². The minimum absolute atomic E-state index is 0.110. The van der Waals surface area contributed by atoms with E-state index >= 15 is 0 Å². The van der Waals surface area contributed by atoms with E-state index in [1.165, 1.54) is 12.1 Å². The van der Waals surface area contributed by atoms with E-state index in [0.717, 1.165) is 22.4 Å². The molecule has 2 aromatic carbocycles. The molecule has 0 aromatic heterocycles. The van der Waals surface area contributed by atoms with Gasteiger partial charge in [0.1, 0.15) is 12.4 Å². The van der Waals surface area contributed by atoms with E-state index in [1.807, 2.05) is 32.0 Å². The molecule has 0 spiro atoms. The molecule has 8 nitrogen and oxygen atoms in total. The molecule has 31 heavy (non-hydrogen) atoms. The number of nitrogens with one attached hydrogen (secondary N) is 2. The van der Waals surface area contributed by atoms with Gasteiger partial charge in [0.25, 0.3) is 0 Å². The zero-order valence-corrected chi connectivity index (χ0v) is 19.2. The van der Waals surface area contributed by atoms with Gasteiger partial charge >= 0.3 is 0 Å². The van der Waals surface area contributed by atoms with E-state index in [4.69, 9.17) is 14.6 Å². The molecule has 0 saturated carbocycles. The van der Waals surface area contributed by atoms with Crippen LogP contribution in [0.5, 0.6) is 5.75 Å². The molecule has 0 bridgehead atoms. The second-order valence-corrected chi connectivity index (χ2v) is 8.51. The largest absolute Gasteiger partial charge is 0.491 e. The van der Waals surface area contributed by atoms with Crippen LogP contribution in [0.1, 0.15) is 23.6 Å². The molecule has 0 aliphatic carbocycles. The number of rotatable bonds is 11. The van der Waals surface area contributed by atoms with Crippen molar-refractivity contribution in [2.45, 2.75) is 31.7 Å². The number of hydrogen-bond donors (Lipinski definition) is 3. The number of aliphatic imine (C=N–C) groups is 1. The Bertz CT molecular complexity index is 960. The quantitative estimate of drug-likeness (QED) is 0.275. The van der Waals surface area contributed by atoms with Gasteiger partial charge in [-0.25, -0.2) is 13.6 Å². The molecule has 0 fully saturated rings. The molecule has 4 N–H and O–H groups in total. The number of aryl methyl sites for hydroxylation is 1. The zero-order valence-electron chi connectivity index (χ0n) is 18.3. The smallest absolute Gasteiger partial charge is 0.238 e. The fourth-order valence-electron chi connectivity index (χ4n) is 2.87. The van der Waals surface area contributed by atoms with Gasteiger partial charge in [-0.2, -0.15) is 0 Å². The van der Waals surface area contributed by atoms with Gasteiger partial charge in [-0.3, -0.25) is 4.99 Å². The third-order valence-electron chi connectivity index (χ3n) is 4.54. The van der Waals surface area contributed by atoms with E-state index in [1.54, 1.807) is 19.2 Å². The molecule has 0 atom stereocenters. The van der Waals surface area contributed by atoms with Crippen LogP contribution in [0.3, 0.4) is 0 Å². The minimum Gasteiger partial charge on any atom is -0.491 e. The molecular formula is C22H32N4O4S. The van der Waals surface area contributed by atoms with Crippen molar-refractivity contribution < 1.29 is 17.9 Å². The molecule has 0 aliphatic heterocycles. The van der Waals surface area contributed by atoms with Crippen LogP contribution in [0, 0.1) is 6.92 Å². The molecule has 0 amide bonds. The van der Waals surface area contributed by atoms with Crippen molar-refractivity contribution in [3.8, 4) is 5.75 Å². The summed E-state index contributed by atoms with van der Waals surface area (Å²) >= 11 is 0. The number of ether oxygens (including phenoxy) is 2. The number of hydrogen-bond acceptors (Lipinski definition) is 5. The fraction of sp³-hybridized carbons (Fsp3) is 0.409. The van der Waals surface area contributed by atoms with Gasteiger partial charge < -0.3 is 20.1 Å². The molecule has 2 rings (SSSR count). The Labute approximate surface area is 184 Å². The lowest BCUT2D eigenvalue weighted by Gasteiger charge is -2.15. The average molecular weight is 449 g/mol. The highest BCUT2D eigenvalue weighted by molar-refractivity contribution is 7.89. The highest BCUT2D eigenvalue weighted by Gasteiger charge is 2.08. The number of nitrogens with zero attached hydrogens (tertiary/aromatic N) is 1. The van der Waals surface area contributed by atoms with Gasteiger partial charge in [0, 0.05) is 32.3 Å². The van der Waals surface area contributed by atoms with E-state index in [9.17, 15) is 8.42 Å². The maximum absolute atomic E-state index is 11.3. The van der Waals surface area contributed by atoms with Crippen LogP contribution in [0.25, 0.3) is 0 Å². The molecule has 9 heteroatoms. The molecule has 0 aliphatic rings. The number of primary sulfonamides is 1. The Morgan fingerprint density at radius 2 is 1.84 bits per heavy atom. The zero-order chi connectivity index (χ0) is 22.7. The van der Waals surface area contributed by atoms with Gasteiger partial charge in [-0.1, -0.05) is 24.3 Å². The summed E-state index contributed by atoms with van der Waals surface area (Å²) in [5, 5.41) is 11.7. The molecule has 0 unspecified atom stereocenters. The first-order valence-corrected chi connectivity index (χ1v) is 11.7. The molecule has 0 heterocycles. The maximum atomic E-state index is 11.3. The Hall–Kier alpha value is -2.62. The third kappa shape index (κ3) is 8.56. The minimum atomic E-state index is -3.67. The van der Waals surface area contributed by atoms with E-state index < -0.39 is 10.0 Å². The summed E-state index contributed by atoms with van der Waals surface area (Å²) in [6.07, 6.45) is 0.710. The first kappa shape index (κ1) is 24.6. The summed E-state index contributed by atoms with van der Waals surface area (Å²) in [5.74, 6) is 1.50. The first-order valence-electron chi connectivity index (χ1n) is 10.2. The Balaban J connectivity index is 1.85. The van der Waals surface area contributed by atoms with Crippen molar-refractivity contribution in [3.63, 3.8) is 0 Å². The topological polar surface area (TPSA) is 115 Å². The summed E-state index contributed by atoms with van der Waals surface area (Å²) in [6.45, 7) is 6.92. The lowest BCUT2D eigenvalue weighted by molar-refractivity contribution is 0.110. The Morgan fingerprint density at radius 1 is 1.10 bits per heavy atom. The number of nitrogens with two attached hydrogens (primary N) is 1. The standard InChI is InChI=1S/C22H32N4O4S/c1-4-29-13-14-30-21-15-17(2)5-8-19(21)16-26-22(24-3)25-12-11-18-6-9-20(10-7-18)31(23,27)28/h5-10,15H,4,11-14,16H2,1-3H3,(H2,23,27,28)(H2,24,25,26). The van der Waals surface area contributed by atoms with E-state index in [0.29, 0.717) is 45.3 Å². The van der Waals surface area contributed by atoms with Crippen molar-refractivity contribution in [2.75, 3.05) is 33.4 Å². The van der Waals surface area contributed by atoms with Crippen molar-refractivity contribution in [3.05, 3.63) is 59.2 Å². The van der Waals surface area contributed by atoms with Crippen molar-refractivity contribution >= 4 is 16.0 Å². The highest BCUT2D eigenvalue weighted by Crippen LogP contribution is 2.20. The van der Waals surface area contributed by atoms with Gasteiger partial charge in [0.2, 0.25) is 10.0 Å². The first-order chi connectivity index (χ1) is 14.8.